The molecule has 5 nitrogen and oxygen atoms in total. The summed E-state index contributed by atoms with van der Waals surface area (Å²) in [5.74, 6) is 0.409. The van der Waals surface area contributed by atoms with Crippen LogP contribution in [0.25, 0.3) is 0 Å². The van der Waals surface area contributed by atoms with Crippen molar-refractivity contribution in [3.8, 4) is 5.75 Å². The summed E-state index contributed by atoms with van der Waals surface area (Å²) in [6.45, 7) is 3.82. The fourth-order valence-electron chi connectivity index (χ4n) is 1.92. The van der Waals surface area contributed by atoms with Crippen LogP contribution in [0.4, 0.5) is 5.69 Å². The number of benzene rings is 1. The highest BCUT2D eigenvalue weighted by atomic mass is 35.5. The molecule has 1 saturated carbocycles. The highest BCUT2D eigenvalue weighted by Crippen LogP contribution is 2.44. The van der Waals surface area contributed by atoms with Gasteiger partial charge < -0.3 is 9.84 Å². The Bertz CT molecular complexity index is 489. The molecule has 0 bridgehead atoms. The molecule has 1 N–H and O–H groups in total. The molecule has 6 heteroatoms. The smallest absolute Gasteiger partial charge is 0.271 e. The van der Waals surface area contributed by atoms with Gasteiger partial charge in [-0.2, -0.15) is 0 Å². The average molecular weight is 272 g/mol. The van der Waals surface area contributed by atoms with E-state index in [0.717, 1.165) is 0 Å². The van der Waals surface area contributed by atoms with Crippen LogP contribution < -0.4 is 4.74 Å². The molecule has 1 aliphatic rings. The third-order valence-electron chi connectivity index (χ3n) is 3.52. The molecule has 1 aromatic carbocycles. The molecule has 0 aromatic heterocycles. The van der Waals surface area contributed by atoms with Crippen LogP contribution in [0.1, 0.15) is 20.3 Å². The summed E-state index contributed by atoms with van der Waals surface area (Å²) in [6, 6.07) is 4.10. The maximum atomic E-state index is 10.6. The third-order valence-corrected chi connectivity index (χ3v) is 3.82. The highest BCUT2D eigenvalue weighted by Gasteiger charge is 2.49. The number of ether oxygens (including phenoxy) is 1. The van der Waals surface area contributed by atoms with Crippen molar-refractivity contribution in [2.45, 2.75) is 32.5 Å². The van der Waals surface area contributed by atoms with Crippen LogP contribution >= 0.6 is 11.6 Å². The summed E-state index contributed by atoms with van der Waals surface area (Å²) in [6.07, 6.45) is 0.0196. The van der Waals surface area contributed by atoms with Crippen LogP contribution in [0.3, 0.4) is 0 Å². The first kappa shape index (κ1) is 13.1. The molecule has 1 fully saturated rings. The van der Waals surface area contributed by atoms with E-state index in [2.05, 4.69) is 0 Å². The van der Waals surface area contributed by atoms with Crippen molar-refractivity contribution in [1.82, 2.24) is 0 Å². The van der Waals surface area contributed by atoms with Crippen molar-refractivity contribution in [2.75, 3.05) is 0 Å². The van der Waals surface area contributed by atoms with E-state index < -0.39 is 4.92 Å². The first-order valence-corrected chi connectivity index (χ1v) is 5.99. The van der Waals surface area contributed by atoms with Gasteiger partial charge >= 0.3 is 0 Å². The van der Waals surface area contributed by atoms with E-state index in [1.54, 1.807) is 0 Å². The van der Waals surface area contributed by atoms with Crippen LogP contribution in [0, 0.1) is 15.5 Å². The second-order valence-electron chi connectivity index (χ2n) is 5.05. The number of nitro groups is 1. The zero-order valence-corrected chi connectivity index (χ0v) is 10.8. The number of aliphatic hydroxyl groups is 1. The standard InChI is InChI=1S/C12H14ClNO4/c1-12(2)10(15)6-11(12)18-9-4-3-7(14(16)17)5-8(9)13/h3-5,10-11,15H,6H2,1-2H3. The number of aliphatic hydroxyl groups excluding tert-OH is 1. The summed E-state index contributed by atoms with van der Waals surface area (Å²) in [5.41, 5.74) is -0.397. The fraction of sp³-hybridized carbons (Fsp3) is 0.500. The van der Waals surface area contributed by atoms with Gasteiger partial charge in [0.2, 0.25) is 0 Å². The minimum atomic E-state index is -0.507. The van der Waals surface area contributed by atoms with Gasteiger partial charge in [-0.25, -0.2) is 0 Å². The van der Waals surface area contributed by atoms with E-state index in [9.17, 15) is 15.2 Å². The van der Waals surface area contributed by atoms with Crippen LogP contribution in [-0.2, 0) is 0 Å². The van der Waals surface area contributed by atoms with Gasteiger partial charge in [-0.15, -0.1) is 0 Å². The van der Waals surface area contributed by atoms with E-state index in [-0.39, 0.29) is 28.3 Å². The van der Waals surface area contributed by atoms with Crippen molar-refractivity contribution >= 4 is 17.3 Å². The fourth-order valence-corrected chi connectivity index (χ4v) is 2.14. The molecule has 98 valence electrons. The number of halogens is 1. The van der Waals surface area contributed by atoms with Crippen molar-refractivity contribution < 1.29 is 14.8 Å². The van der Waals surface area contributed by atoms with E-state index in [4.69, 9.17) is 16.3 Å². The Balaban J connectivity index is 2.14. The minimum Gasteiger partial charge on any atom is -0.488 e. The largest absolute Gasteiger partial charge is 0.488 e. The van der Waals surface area contributed by atoms with Crippen LogP contribution in [-0.4, -0.2) is 22.2 Å². The molecule has 0 aliphatic heterocycles. The topological polar surface area (TPSA) is 72.6 Å². The Morgan fingerprint density at radius 1 is 1.56 bits per heavy atom. The van der Waals surface area contributed by atoms with Gasteiger partial charge in [0.05, 0.1) is 16.0 Å². The summed E-state index contributed by atoms with van der Waals surface area (Å²) >= 11 is 5.94. The number of hydrogen-bond acceptors (Lipinski definition) is 4. The first-order valence-electron chi connectivity index (χ1n) is 5.61. The molecule has 2 atom stereocenters. The molecule has 0 amide bonds. The molecule has 0 heterocycles. The van der Waals surface area contributed by atoms with Gasteiger partial charge in [0.25, 0.3) is 5.69 Å². The molecular weight excluding hydrogens is 258 g/mol. The van der Waals surface area contributed by atoms with Gasteiger partial charge in [0, 0.05) is 24.0 Å². The summed E-state index contributed by atoms with van der Waals surface area (Å²) in [7, 11) is 0. The average Bonchev–Trinajstić information content (AvgIpc) is 2.30. The monoisotopic (exact) mass is 271 g/mol. The van der Waals surface area contributed by atoms with Crippen molar-refractivity contribution in [1.29, 1.82) is 0 Å². The number of hydrogen-bond donors (Lipinski definition) is 1. The van der Waals surface area contributed by atoms with Gasteiger partial charge in [0.15, 0.2) is 0 Å². The maximum absolute atomic E-state index is 10.6. The lowest BCUT2D eigenvalue weighted by Crippen LogP contribution is -2.56. The number of non-ortho nitro benzene ring substituents is 1. The predicted octanol–water partition coefficient (Wildman–Crippen LogP) is 2.79. The molecule has 0 saturated heterocycles. The Labute approximate surface area is 109 Å². The number of nitro benzene ring substituents is 1. The molecule has 18 heavy (non-hydrogen) atoms. The van der Waals surface area contributed by atoms with Crippen molar-refractivity contribution in [2.24, 2.45) is 5.41 Å². The molecule has 2 unspecified atom stereocenters. The Morgan fingerprint density at radius 3 is 2.67 bits per heavy atom. The highest BCUT2D eigenvalue weighted by molar-refractivity contribution is 6.32. The molecule has 1 aliphatic carbocycles. The van der Waals surface area contributed by atoms with E-state index >= 15 is 0 Å². The van der Waals surface area contributed by atoms with Gasteiger partial charge in [-0.1, -0.05) is 25.4 Å². The SMILES string of the molecule is CC1(C)C(O)CC1Oc1ccc([N+](=O)[O-])cc1Cl. The lowest BCUT2D eigenvalue weighted by molar-refractivity contribution is -0.384. The zero-order valence-electron chi connectivity index (χ0n) is 10.1. The predicted molar refractivity (Wildman–Crippen MR) is 66.9 cm³/mol. The van der Waals surface area contributed by atoms with E-state index in [1.165, 1.54) is 18.2 Å². The zero-order chi connectivity index (χ0) is 13.5. The molecule has 0 radical (unpaired) electrons. The van der Waals surface area contributed by atoms with Crippen LogP contribution in [0.15, 0.2) is 18.2 Å². The number of rotatable bonds is 3. The molecular formula is C12H14ClNO4. The van der Waals surface area contributed by atoms with Crippen molar-refractivity contribution in [3.05, 3.63) is 33.3 Å². The quantitative estimate of drug-likeness (QED) is 0.678. The second-order valence-corrected chi connectivity index (χ2v) is 5.46. The van der Waals surface area contributed by atoms with Gasteiger partial charge in [-0.05, 0) is 6.07 Å². The Hall–Kier alpha value is -1.33. The maximum Gasteiger partial charge on any atom is 0.271 e. The first-order chi connectivity index (χ1) is 8.32. The minimum absolute atomic E-state index is 0.0692. The van der Waals surface area contributed by atoms with Crippen LogP contribution in [0.5, 0.6) is 5.75 Å². The summed E-state index contributed by atoms with van der Waals surface area (Å²) in [5, 5.41) is 20.4. The Morgan fingerprint density at radius 2 is 2.22 bits per heavy atom. The lowest BCUT2D eigenvalue weighted by Gasteiger charge is -2.48. The molecule has 1 aromatic rings. The molecule has 0 spiro atoms. The Kier molecular flexibility index (Phi) is 3.21. The molecule has 2 rings (SSSR count). The normalized spacial score (nSPS) is 25.3. The van der Waals surface area contributed by atoms with Gasteiger partial charge in [0.1, 0.15) is 11.9 Å². The number of nitrogens with zero attached hydrogens (tertiary/aromatic N) is 1. The summed E-state index contributed by atoms with van der Waals surface area (Å²) in [4.78, 5) is 10.1. The van der Waals surface area contributed by atoms with Gasteiger partial charge in [-0.3, -0.25) is 10.1 Å². The summed E-state index contributed by atoms with van der Waals surface area (Å²) < 4.78 is 5.69. The van der Waals surface area contributed by atoms with Crippen molar-refractivity contribution in [3.63, 3.8) is 0 Å². The van der Waals surface area contributed by atoms with E-state index in [1.807, 2.05) is 13.8 Å². The lowest BCUT2D eigenvalue weighted by atomic mass is 9.66. The third kappa shape index (κ3) is 2.15. The van der Waals surface area contributed by atoms with Crippen LogP contribution in [0.2, 0.25) is 5.02 Å². The second kappa shape index (κ2) is 4.40. The van der Waals surface area contributed by atoms with E-state index in [0.29, 0.717) is 12.2 Å².